The summed E-state index contributed by atoms with van der Waals surface area (Å²) in [5.41, 5.74) is 1.69. The van der Waals surface area contributed by atoms with E-state index in [2.05, 4.69) is 19.5 Å². The fourth-order valence-electron chi connectivity index (χ4n) is 5.01. The summed E-state index contributed by atoms with van der Waals surface area (Å²) in [7, 11) is -2.46. The first-order chi connectivity index (χ1) is 20.1. The molecule has 1 N–H and O–H groups in total. The van der Waals surface area contributed by atoms with E-state index in [-0.39, 0.29) is 42.3 Å². The topological polar surface area (TPSA) is 119 Å². The molecule has 2 atom stereocenters. The van der Waals surface area contributed by atoms with Crippen LogP contribution in [0.1, 0.15) is 54.5 Å². The van der Waals surface area contributed by atoms with Crippen LogP contribution in [0.5, 0.6) is 0 Å². The number of carbonyl (C=O) groups excluding carboxylic acids is 1. The summed E-state index contributed by atoms with van der Waals surface area (Å²) in [5, 5.41) is 6.49. The van der Waals surface area contributed by atoms with Crippen molar-refractivity contribution in [2.45, 2.75) is 44.3 Å². The number of amidine groups is 1. The summed E-state index contributed by atoms with van der Waals surface area (Å²) >= 11 is 7.79. The minimum atomic E-state index is -3.74. The smallest absolute Gasteiger partial charge is 0.333 e. The second-order valence-electron chi connectivity index (χ2n) is 9.66. The van der Waals surface area contributed by atoms with Gasteiger partial charge in [0.1, 0.15) is 11.9 Å². The number of halogens is 4. The molecule has 0 amide bonds. The number of unbranched alkanes of at least 4 members (excludes halogenated alkanes) is 1. The zero-order chi connectivity index (χ0) is 30.0. The number of rotatable bonds is 11. The number of ether oxygens (including phenoxy) is 1. The zero-order valence-corrected chi connectivity index (χ0v) is 24.6. The van der Waals surface area contributed by atoms with Crippen molar-refractivity contribution in [1.82, 2.24) is 24.4 Å². The fourth-order valence-corrected chi connectivity index (χ4v) is 7.29. The van der Waals surface area contributed by atoms with E-state index in [0.29, 0.717) is 38.8 Å². The summed E-state index contributed by atoms with van der Waals surface area (Å²) in [6, 6.07) is 3.84. The first kappa shape index (κ1) is 30.2. The summed E-state index contributed by atoms with van der Waals surface area (Å²) in [6.07, 6.45) is 3.68. The Balaban J connectivity index is 1.53. The van der Waals surface area contributed by atoms with Gasteiger partial charge in [0.25, 0.3) is 0 Å². The third kappa shape index (κ3) is 6.53. The number of aromatic nitrogens is 3. The van der Waals surface area contributed by atoms with Gasteiger partial charge in [-0.2, -0.15) is 13.9 Å². The Morgan fingerprint density at radius 2 is 2.10 bits per heavy atom. The molecule has 3 aromatic rings. The van der Waals surface area contributed by atoms with Gasteiger partial charge in [0.15, 0.2) is 10.8 Å². The van der Waals surface area contributed by atoms with Gasteiger partial charge in [-0.25, -0.2) is 27.2 Å². The van der Waals surface area contributed by atoms with Crippen LogP contribution in [0.3, 0.4) is 0 Å². The molecule has 16 heteroatoms. The Kier molecular flexibility index (Phi) is 9.01. The van der Waals surface area contributed by atoms with Crippen molar-refractivity contribution in [2.24, 2.45) is 4.99 Å². The summed E-state index contributed by atoms with van der Waals surface area (Å²) < 4.78 is 74.7. The summed E-state index contributed by atoms with van der Waals surface area (Å²) in [5.74, 6) is -0.705. The van der Waals surface area contributed by atoms with Gasteiger partial charge in [0.05, 0.1) is 18.6 Å². The molecule has 0 unspecified atom stereocenters. The number of hydrogen-bond acceptors (Lipinski definition) is 9. The number of hydrogen-bond donors (Lipinski definition) is 1. The third-order valence-electron chi connectivity index (χ3n) is 6.84. The maximum absolute atomic E-state index is 14.0. The van der Waals surface area contributed by atoms with Crippen LogP contribution in [0.25, 0.3) is 5.57 Å². The van der Waals surface area contributed by atoms with Crippen LogP contribution in [0.2, 0.25) is 5.02 Å². The van der Waals surface area contributed by atoms with Crippen molar-refractivity contribution in [2.75, 3.05) is 19.4 Å². The van der Waals surface area contributed by atoms with E-state index in [1.165, 1.54) is 36.6 Å². The molecule has 1 saturated heterocycles. The molecule has 0 spiro atoms. The number of carbonyl (C=O) groups is 1. The minimum Gasteiger partial charge on any atom is -0.469 e. The predicted octanol–water partition coefficient (Wildman–Crippen LogP) is 4.78. The predicted molar refractivity (Wildman–Crippen MR) is 151 cm³/mol. The van der Waals surface area contributed by atoms with Gasteiger partial charge >= 0.3 is 12.5 Å². The SMILES string of the molecule is COC(=O)CCCCS(=O)(=O)N[C@H]1CC2=C(c3ccn(C(F)F)n3)[C@H](c3ccc(F)cc3Cl)N=C(c3nccs3)N2C1. The quantitative estimate of drug-likeness (QED) is 0.236. The Morgan fingerprint density at radius 1 is 1.29 bits per heavy atom. The second kappa shape index (κ2) is 12.5. The summed E-state index contributed by atoms with van der Waals surface area (Å²) in [4.78, 5) is 22.5. The molecule has 2 aromatic heterocycles. The van der Waals surface area contributed by atoms with Gasteiger partial charge in [-0.15, -0.1) is 11.3 Å². The van der Waals surface area contributed by atoms with E-state index in [1.54, 1.807) is 11.6 Å². The molecule has 0 saturated carbocycles. The molecule has 10 nitrogen and oxygen atoms in total. The first-order valence-electron chi connectivity index (χ1n) is 12.9. The molecule has 1 aromatic carbocycles. The molecule has 0 bridgehead atoms. The number of nitrogens with one attached hydrogen (secondary N) is 1. The Morgan fingerprint density at radius 3 is 2.76 bits per heavy atom. The van der Waals surface area contributed by atoms with Gasteiger partial charge in [-0.05, 0) is 31.0 Å². The zero-order valence-electron chi connectivity index (χ0n) is 22.2. The van der Waals surface area contributed by atoms with E-state index in [1.807, 2.05) is 4.90 Å². The van der Waals surface area contributed by atoms with E-state index in [9.17, 15) is 26.4 Å². The van der Waals surface area contributed by atoms with Gasteiger partial charge in [0.2, 0.25) is 10.0 Å². The highest BCUT2D eigenvalue weighted by atomic mass is 35.5. The molecule has 42 heavy (non-hydrogen) atoms. The van der Waals surface area contributed by atoms with E-state index in [0.717, 1.165) is 12.3 Å². The van der Waals surface area contributed by atoms with Crippen molar-refractivity contribution >= 4 is 50.3 Å². The Bertz CT molecular complexity index is 1630. The molecule has 1 fully saturated rings. The van der Waals surface area contributed by atoms with E-state index >= 15 is 0 Å². The molecular weight excluding hydrogens is 617 g/mol. The normalized spacial score (nSPS) is 18.9. The van der Waals surface area contributed by atoms with Crippen LogP contribution in [0.4, 0.5) is 13.2 Å². The highest BCUT2D eigenvalue weighted by Gasteiger charge is 2.42. The lowest BCUT2D eigenvalue weighted by Gasteiger charge is -2.32. The number of methoxy groups -OCH3 is 1. The molecule has 224 valence electrons. The van der Waals surface area contributed by atoms with E-state index < -0.39 is 40.4 Å². The van der Waals surface area contributed by atoms with Crippen LogP contribution in [0.15, 0.2) is 52.7 Å². The third-order valence-corrected chi connectivity index (χ3v) is 9.46. The van der Waals surface area contributed by atoms with E-state index in [4.69, 9.17) is 16.6 Å². The number of aliphatic imine (C=N–C) groups is 1. The fraction of sp³-hybridized carbons (Fsp3) is 0.385. The minimum absolute atomic E-state index is 0.0873. The average molecular weight is 643 g/mol. The Hall–Kier alpha value is -3.27. The van der Waals surface area contributed by atoms with Crippen LogP contribution in [-0.2, 0) is 19.6 Å². The molecule has 2 aliphatic rings. The number of esters is 1. The molecule has 0 aliphatic carbocycles. The van der Waals surface area contributed by atoms with Crippen molar-refractivity contribution in [3.05, 3.63) is 74.8 Å². The van der Waals surface area contributed by atoms with Gasteiger partial charge in [-0.3, -0.25) is 9.79 Å². The largest absolute Gasteiger partial charge is 0.469 e. The van der Waals surface area contributed by atoms with Crippen molar-refractivity contribution in [3.8, 4) is 0 Å². The van der Waals surface area contributed by atoms with Crippen LogP contribution in [-0.4, -0.2) is 65.3 Å². The van der Waals surface area contributed by atoms with Crippen molar-refractivity contribution in [1.29, 1.82) is 0 Å². The standard InChI is InChI=1S/C26H26ClF3N6O4S2/c1-40-21(37)4-2-3-11-42(38,39)34-16-13-20-22(19-7-9-36(33-19)26(29)30)23(17-6-5-15(28)12-18(17)27)32-24(35(20)14-16)25-31-8-10-41-25/h5-10,12,16,23,26,34H,2-4,11,13-14H2,1H3/t16-,23-/m0/s1. The molecule has 2 aliphatic heterocycles. The maximum atomic E-state index is 14.0. The number of thiazole rings is 1. The molecule has 4 heterocycles. The highest BCUT2D eigenvalue weighted by Crippen LogP contribution is 2.46. The number of sulfonamides is 1. The number of alkyl halides is 2. The average Bonchev–Trinajstić information content (AvgIpc) is 3.71. The molecule has 0 radical (unpaired) electrons. The number of nitrogens with zero attached hydrogens (tertiary/aromatic N) is 5. The summed E-state index contributed by atoms with van der Waals surface area (Å²) in [6.45, 7) is -2.69. The van der Waals surface area contributed by atoms with Crippen molar-refractivity contribution < 1.29 is 31.1 Å². The second-order valence-corrected chi connectivity index (χ2v) is 12.8. The van der Waals surface area contributed by atoms with Crippen LogP contribution >= 0.6 is 22.9 Å². The van der Waals surface area contributed by atoms with Gasteiger partial charge in [-0.1, -0.05) is 17.7 Å². The Labute approximate surface area is 248 Å². The van der Waals surface area contributed by atoms with Crippen LogP contribution in [0, 0.1) is 5.82 Å². The lowest BCUT2D eigenvalue weighted by Crippen LogP contribution is -2.40. The molecule has 5 rings (SSSR count). The maximum Gasteiger partial charge on any atom is 0.333 e. The molecular formula is C26H26ClF3N6O4S2. The number of benzene rings is 1. The van der Waals surface area contributed by atoms with Gasteiger partial charge in [0, 0.05) is 65.1 Å². The van der Waals surface area contributed by atoms with Crippen LogP contribution < -0.4 is 4.72 Å². The lowest BCUT2D eigenvalue weighted by atomic mass is 9.92. The highest BCUT2D eigenvalue weighted by molar-refractivity contribution is 7.89. The van der Waals surface area contributed by atoms with Crippen molar-refractivity contribution in [3.63, 3.8) is 0 Å². The first-order valence-corrected chi connectivity index (χ1v) is 15.8. The van der Waals surface area contributed by atoms with Gasteiger partial charge < -0.3 is 9.64 Å². The number of fused-ring (bicyclic) bond motifs is 1. The monoisotopic (exact) mass is 642 g/mol. The lowest BCUT2D eigenvalue weighted by molar-refractivity contribution is -0.140.